The van der Waals surface area contributed by atoms with E-state index in [1.807, 2.05) is 24.3 Å². The van der Waals surface area contributed by atoms with Gasteiger partial charge in [0.15, 0.2) is 0 Å². The lowest BCUT2D eigenvalue weighted by Gasteiger charge is -2.12. The van der Waals surface area contributed by atoms with Gasteiger partial charge in [-0.25, -0.2) is 8.78 Å². The van der Waals surface area contributed by atoms with Crippen molar-refractivity contribution < 1.29 is 8.78 Å². The molecule has 0 fully saturated rings. The number of anilines is 2. The van der Waals surface area contributed by atoms with Gasteiger partial charge in [0.25, 0.3) is 0 Å². The SMILES string of the molecule is Fc1ccc(C(=S)Nc2cccc(NC(=S)c3ccc(F)cc3)c2)cc1. The van der Waals surface area contributed by atoms with E-state index in [0.717, 1.165) is 22.5 Å². The second-order valence-corrected chi connectivity index (χ2v) is 6.32. The zero-order valence-electron chi connectivity index (χ0n) is 13.5. The molecule has 3 aromatic carbocycles. The predicted octanol–water partition coefficient (Wildman–Crippen LogP) is 5.54. The number of hydrogen-bond donors (Lipinski definition) is 2. The molecule has 130 valence electrons. The summed E-state index contributed by atoms with van der Waals surface area (Å²) in [7, 11) is 0. The van der Waals surface area contributed by atoms with Crippen LogP contribution in [0.1, 0.15) is 11.1 Å². The van der Waals surface area contributed by atoms with Crippen LogP contribution in [0.2, 0.25) is 0 Å². The number of hydrogen-bond acceptors (Lipinski definition) is 2. The summed E-state index contributed by atoms with van der Waals surface area (Å²) in [5.74, 6) is -0.617. The maximum atomic E-state index is 13.0. The van der Waals surface area contributed by atoms with Gasteiger partial charge in [0.2, 0.25) is 0 Å². The van der Waals surface area contributed by atoms with Crippen molar-refractivity contribution in [1.29, 1.82) is 0 Å². The van der Waals surface area contributed by atoms with Crippen molar-refractivity contribution >= 4 is 45.8 Å². The third-order valence-electron chi connectivity index (χ3n) is 3.59. The monoisotopic (exact) mass is 384 g/mol. The molecule has 2 N–H and O–H groups in total. The van der Waals surface area contributed by atoms with E-state index < -0.39 is 0 Å². The number of nitrogens with one attached hydrogen (secondary N) is 2. The van der Waals surface area contributed by atoms with E-state index in [4.69, 9.17) is 24.4 Å². The van der Waals surface area contributed by atoms with Gasteiger partial charge in [-0.2, -0.15) is 0 Å². The first-order valence-corrected chi connectivity index (χ1v) is 8.57. The maximum absolute atomic E-state index is 13.0. The lowest BCUT2D eigenvalue weighted by Crippen LogP contribution is -2.12. The molecule has 3 rings (SSSR count). The molecule has 6 heteroatoms. The molecule has 0 saturated heterocycles. The Morgan fingerprint density at radius 3 is 1.38 bits per heavy atom. The Bertz CT molecular complexity index is 864. The summed E-state index contributed by atoms with van der Waals surface area (Å²) < 4.78 is 26.0. The molecule has 3 aromatic rings. The minimum Gasteiger partial charge on any atom is -0.346 e. The van der Waals surface area contributed by atoms with Crippen molar-refractivity contribution in [3.05, 3.63) is 95.6 Å². The minimum absolute atomic E-state index is 0.308. The Balaban J connectivity index is 1.69. The third-order valence-corrected chi connectivity index (χ3v) is 4.27. The van der Waals surface area contributed by atoms with Crippen molar-refractivity contribution in [2.75, 3.05) is 10.6 Å². The van der Waals surface area contributed by atoms with Gasteiger partial charge in [0.1, 0.15) is 21.6 Å². The van der Waals surface area contributed by atoms with Gasteiger partial charge in [-0.15, -0.1) is 0 Å². The van der Waals surface area contributed by atoms with Crippen LogP contribution < -0.4 is 10.6 Å². The molecule has 0 aliphatic heterocycles. The molecule has 0 radical (unpaired) electrons. The molecule has 26 heavy (non-hydrogen) atoms. The van der Waals surface area contributed by atoms with Crippen molar-refractivity contribution in [2.45, 2.75) is 0 Å². The first kappa shape index (κ1) is 18.1. The first-order valence-electron chi connectivity index (χ1n) is 7.75. The number of thiocarbonyl (C=S) groups is 2. The smallest absolute Gasteiger partial charge is 0.123 e. The van der Waals surface area contributed by atoms with Crippen LogP contribution in [0, 0.1) is 11.6 Å². The van der Waals surface area contributed by atoms with Crippen molar-refractivity contribution in [3.8, 4) is 0 Å². The van der Waals surface area contributed by atoms with E-state index >= 15 is 0 Å². The summed E-state index contributed by atoms with van der Waals surface area (Å²) in [6.07, 6.45) is 0. The molecular formula is C20H14F2N2S2. The number of halogens is 2. The van der Waals surface area contributed by atoms with Crippen LogP contribution in [0.3, 0.4) is 0 Å². The topological polar surface area (TPSA) is 24.1 Å². The Morgan fingerprint density at radius 1 is 0.615 bits per heavy atom. The summed E-state index contributed by atoms with van der Waals surface area (Å²) in [4.78, 5) is 0.978. The van der Waals surface area contributed by atoms with Gasteiger partial charge in [-0.3, -0.25) is 0 Å². The largest absolute Gasteiger partial charge is 0.346 e. The highest BCUT2D eigenvalue weighted by molar-refractivity contribution is 7.81. The molecular weight excluding hydrogens is 370 g/mol. The summed E-state index contributed by atoms with van der Waals surface area (Å²) in [5, 5.41) is 6.23. The molecule has 0 bridgehead atoms. The van der Waals surface area contributed by atoms with E-state index in [1.165, 1.54) is 24.3 Å². The van der Waals surface area contributed by atoms with E-state index in [-0.39, 0.29) is 11.6 Å². The summed E-state index contributed by atoms with van der Waals surface area (Å²) in [5.41, 5.74) is 2.99. The van der Waals surface area contributed by atoms with Gasteiger partial charge < -0.3 is 10.6 Å². The summed E-state index contributed by atoms with van der Waals surface area (Å²) >= 11 is 10.7. The standard InChI is InChI=1S/C20H14F2N2S2/c21-15-8-4-13(5-9-15)19(25)23-17-2-1-3-18(12-17)24-20(26)14-6-10-16(22)11-7-14/h1-12H,(H,23,25)(H,24,26). The molecule has 0 unspecified atom stereocenters. The molecule has 0 saturated carbocycles. The van der Waals surface area contributed by atoms with Crippen molar-refractivity contribution in [3.63, 3.8) is 0 Å². The Kier molecular flexibility index (Phi) is 5.65. The van der Waals surface area contributed by atoms with E-state index in [1.54, 1.807) is 24.3 Å². The third kappa shape index (κ3) is 4.68. The van der Waals surface area contributed by atoms with Gasteiger partial charge in [-0.1, -0.05) is 30.5 Å². The van der Waals surface area contributed by atoms with E-state index in [0.29, 0.717) is 9.98 Å². The molecule has 2 nitrogen and oxygen atoms in total. The Hall–Kier alpha value is -2.70. The molecule has 0 heterocycles. The van der Waals surface area contributed by atoms with Gasteiger partial charge in [0.05, 0.1) is 0 Å². The Morgan fingerprint density at radius 2 is 1.00 bits per heavy atom. The molecule has 0 atom stereocenters. The minimum atomic E-state index is -0.308. The van der Waals surface area contributed by atoms with E-state index in [2.05, 4.69) is 10.6 Å². The van der Waals surface area contributed by atoms with Crippen LogP contribution in [-0.4, -0.2) is 9.98 Å². The average molecular weight is 384 g/mol. The highest BCUT2D eigenvalue weighted by Gasteiger charge is 2.05. The molecule has 0 amide bonds. The number of rotatable bonds is 4. The molecule has 0 aliphatic carbocycles. The highest BCUT2D eigenvalue weighted by Crippen LogP contribution is 2.18. The fourth-order valence-corrected chi connectivity index (χ4v) is 2.79. The fraction of sp³-hybridized carbons (Fsp3) is 0. The Labute approximate surface area is 160 Å². The van der Waals surface area contributed by atoms with Crippen LogP contribution in [0.4, 0.5) is 20.2 Å². The van der Waals surface area contributed by atoms with Gasteiger partial charge in [-0.05, 0) is 66.7 Å². The fourth-order valence-electron chi connectivity index (χ4n) is 2.28. The highest BCUT2D eigenvalue weighted by atomic mass is 32.1. The predicted molar refractivity (Wildman–Crippen MR) is 110 cm³/mol. The lowest BCUT2D eigenvalue weighted by atomic mass is 10.2. The summed E-state index contributed by atoms with van der Waals surface area (Å²) in [6, 6.07) is 19.4. The van der Waals surface area contributed by atoms with E-state index in [9.17, 15) is 8.78 Å². The quantitative estimate of drug-likeness (QED) is 0.577. The van der Waals surface area contributed by atoms with Crippen molar-refractivity contribution in [1.82, 2.24) is 0 Å². The molecule has 0 aliphatic rings. The maximum Gasteiger partial charge on any atom is 0.123 e. The lowest BCUT2D eigenvalue weighted by molar-refractivity contribution is 0.627. The van der Waals surface area contributed by atoms with Crippen molar-refractivity contribution in [2.24, 2.45) is 0 Å². The summed E-state index contributed by atoms with van der Waals surface area (Å²) in [6.45, 7) is 0. The van der Waals surface area contributed by atoms with Crippen LogP contribution in [0.15, 0.2) is 72.8 Å². The zero-order valence-corrected chi connectivity index (χ0v) is 15.1. The second kappa shape index (κ2) is 8.12. The second-order valence-electron chi connectivity index (χ2n) is 5.50. The van der Waals surface area contributed by atoms with Crippen LogP contribution in [0.25, 0.3) is 0 Å². The average Bonchev–Trinajstić information content (AvgIpc) is 2.63. The van der Waals surface area contributed by atoms with Gasteiger partial charge in [0, 0.05) is 22.5 Å². The van der Waals surface area contributed by atoms with Crippen LogP contribution >= 0.6 is 24.4 Å². The number of benzene rings is 3. The molecule has 0 spiro atoms. The van der Waals surface area contributed by atoms with Gasteiger partial charge >= 0.3 is 0 Å². The van der Waals surface area contributed by atoms with Crippen LogP contribution in [-0.2, 0) is 0 Å². The molecule has 0 aromatic heterocycles. The normalized spacial score (nSPS) is 10.2. The zero-order chi connectivity index (χ0) is 18.5. The first-order chi connectivity index (χ1) is 12.5. The van der Waals surface area contributed by atoms with Crippen LogP contribution in [0.5, 0.6) is 0 Å².